The molecular weight excluding hydrogens is 260 g/mol. The van der Waals surface area contributed by atoms with Gasteiger partial charge < -0.3 is 10.0 Å². The summed E-state index contributed by atoms with van der Waals surface area (Å²) in [5.74, 6) is -1.08. The van der Waals surface area contributed by atoms with Gasteiger partial charge in [-0.3, -0.25) is 4.79 Å². The highest BCUT2D eigenvalue weighted by Gasteiger charge is 2.46. The molecule has 0 aliphatic carbocycles. The number of aliphatic carboxylic acids is 1. The van der Waals surface area contributed by atoms with E-state index < -0.39 is 21.5 Å². The fraction of sp³-hybridized carbons (Fsp3) is 0.800. The number of rotatable bonds is 5. The standard InChI is InChI=1S/C10H18N2O5S/c1-3-11(8-13)10(9(14)15)4-6-12(7-5-10)18(2,16)17/h8H,3-7H2,1-2H3,(H,14,15). The Hall–Kier alpha value is -1.15. The number of carboxylic acid groups (broad SMARTS) is 1. The Bertz CT molecular complexity index is 426. The Labute approximate surface area is 106 Å². The summed E-state index contributed by atoms with van der Waals surface area (Å²) < 4.78 is 24.0. The lowest BCUT2D eigenvalue weighted by Crippen LogP contribution is -2.60. The van der Waals surface area contributed by atoms with Crippen LogP contribution in [0, 0.1) is 0 Å². The van der Waals surface area contributed by atoms with Crippen LogP contribution in [-0.2, 0) is 19.6 Å². The van der Waals surface area contributed by atoms with Gasteiger partial charge in [0.05, 0.1) is 6.26 Å². The number of carboxylic acids is 1. The van der Waals surface area contributed by atoms with Crippen molar-refractivity contribution in [1.82, 2.24) is 9.21 Å². The number of sulfonamides is 1. The molecule has 0 radical (unpaired) electrons. The third-order valence-corrected chi connectivity index (χ3v) is 4.74. The predicted molar refractivity (Wildman–Crippen MR) is 64.5 cm³/mol. The topological polar surface area (TPSA) is 95.0 Å². The first-order valence-corrected chi connectivity index (χ1v) is 7.53. The first-order chi connectivity index (χ1) is 8.28. The molecule has 0 aromatic heterocycles. The molecule has 1 aliphatic rings. The fourth-order valence-corrected chi connectivity index (χ4v) is 3.14. The van der Waals surface area contributed by atoms with Crippen molar-refractivity contribution in [1.29, 1.82) is 0 Å². The smallest absolute Gasteiger partial charge is 0.329 e. The molecular formula is C10H18N2O5S. The van der Waals surface area contributed by atoms with E-state index in [1.807, 2.05) is 0 Å². The van der Waals surface area contributed by atoms with E-state index >= 15 is 0 Å². The molecule has 18 heavy (non-hydrogen) atoms. The zero-order valence-corrected chi connectivity index (χ0v) is 11.3. The second-order valence-corrected chi connectivity index (χ2v) is 6.37. The van der Waals surface area contributed by atoms with Crippen LogP contribution in [0.4, 0.5) is 0 Å². The zero-order valence-electron chi connectivity index (χ0n) is 10.5. The first kappa shape index (κ1) is 14.9. The zero-order chi connectivity index (χ0) is 14.0. The molecule has 7 nitrogen and oxygen atoms in total. The number of carbonyl (C=O) groups excluding carboxylic acids is 1. The largest absolute Gasteiger partial charge is 0.479 e. The van der Waals surface area contributed by atoms with Crippen molar-refractivity contribution in [2.24, 2.45) is 0 Å². The summed E-state index contributed by atoms with van der Waals surface area (Å²) in [6.45, 7) is 2.22. The third-order valence-electron chi connectivity index (χ3n) is 3.43. The molecule has 0 aromatic carbocycles. The summed E-state index contributed by atoms with van der Waals surface area (Å²) >= 11 is 0. The van der Waals surface area contributed by atoms with Crippen molar-refractivity contribution in [3.05, 3.63) is 0 Å². The monoisotopic (exact) mass is 278 g/mol. The summed E-state index contributed by atoms with van der Waals surface area (Å²) in [5, 5.41) is 9.34. The molecule has 8 heteroatoms. The maximum Gasteiger partial charge on any atom is 0.329 e. The Balaban J connectivity index is 2.94. The Kier molecular flexibility index (Phi) is 4.33. The van der Waals surface area contributed by atoms with Crippen LogP contribution in [0.25, 0.3) is 0 Å². The molecule has 1 heterocycles. The SMILES string of the molecule is CCN(C=O)C1(C(=O)O)CCN(S(C)(=O)=O)CC1. The van der Waals surface area contributed by atoms with E-state index in [0.29, 0.717) is 6.41 Å². The highest BCUT2D eigenvalue weighted by atomic mass is 32.2. The molecule has 0 atom stereocenters. The fourth-order valence-electron chi connectivity index (χ4n) is 2.29. The van der Waals surface area contributed by atoms with E-state index in [4.69, 9.17) is 0 Å². The van der Waals surface area contributed by atoms with Crippen LogP contribution in [0.15, 0.2) is 0 Å². The van der Waals surface area contributed by atoms with Gasteiger partial charge in [0.1, 0.15) is 5.54 Å². The normalized spacial score (nSPS) is 20.3. The van der Waals surface area contributed by atoms with Gasteiger partial charge in [-0.15, -0.1) is 0 Å². The molecule has 0 spiro atoms. The Morgan fingerprint density at radius 3 is 2.22 bits per heavy atom. The first-order valence-electron chi connectivity index (χ1n) is 5.68. The van der Waals surface area contributed by atoms with Crippen molar-refractivity contribution < 1.29 is 23.1 Å². The Morgan fingerprint density at radius 1 is 1.44 bits per heavy atom. The van der Waals surface area contributed by atoms with Crippen molar-refractivity contribution in [2.75, 3.05) is 25.9 Å². The molecule has 104 valence electrons. The maximum absolute atomic E-state index is 11.4. The van der Waals surface area contributed by atoms with Crippen LogP contribution >= 0.6 is 0 Å². The van der Waals surface area contributed by atoms with E-state index in [1.54, 1.807) is 6.92 Å². The van der Waals surface area contributed by atoms with Crippen molar-refractivity contribution in [2.45, 2.75) is 25.3 Å². The van der Waals surface area contributed by atoms with Gasteiger partial charge in [-0.25, -0.2) is 17.5 Å². The highest BCUT2D eigenvalue weighted by Crippen LogP contribution is 2.29. The average molecular weight is 278 g/mol. The van der Waals surface area contributed by atoms with Gasteiger partial charge in [-0.2, -0.15) is 0 Å². The van der Waals surface area contributed by atoms with E-state index in [9.17, 15) is 23.1 Å². The number of piperidine rings is 1. The highest BCUT2D eigenvalue weighted by molar-refractivity contribution is 7.88. The number of hydrogen-bond acceptors (Lipinski definition) is 4. The molecule has 1 amide bonds. The van der Waals surface area contributed by atoms with Gasteiger partial charge in [-0.05, 0) is 19.8 Å². The van der Waals surface area contributed by atoms with E-state index in [1.165, 1.54) is 9.21 Å². The minimum Gasteiger partial charge on any atom is -0.479 e. The second kappa shape index (κ2) is 5.23. The molecule has 1 fully saturated rings. The van der Waals surface area contributed by atoms with Gasteiger partial charge >= 0.3 is 5.97 Å². The van der Waals surface area contributed by atoms with E-state index in [2.05, 4.69) is 0 Å². The van der Waals surface area contributed by atoms with Crippen LogP contribution in [0.3, 0.4) is 0 Å². The number of hydrogen-bond donors (Lipinski definition) is 1. The van der Waals surface area contributed by atoms with Crippen molar-refractivity contribution >= 4 is 22.4 Å². The quantitative estimate of drug-likeness (QED) is 0.674. The van der Waals surface area contributed by atoms with Gasteiger partial charge in [-0.1, -0.05) is 0 Å². The summed E-state index contributed by atoms with van der Waals surface area (Å²) in [6, 6.07) is 0. The third kappa shape index (κ3) is 2.64. The van der Waals surface area contributed by atoms with Gasteiger partial charge in [0.2, 0.25) is 16.4 Å². The molecule has 1 N–H and O–H groups in total. The molecule has 1 saturated heterocycles. The summed E-state index contributed by atoms with van der Waals surface area (Å²) in [7, 11) is -3.31. The number of likely N-dealkylation sites (N-methyl/N-ethyl adjacent to an activating group) is 1. The summed E-state index contributed by atoms with van der Waals surface area (Å²) in [5.41, 5.74) is -1.28. The molecule has 0 saturated carbocycles. The number of amides is 1. The average Bonchev–Trinajstić information content (AvgIpc) is 2.29. The van der Waals surface area contributed by atoms with Crippen molar-refractivity contribution in [3.63, 3.8) is 0 Å². The van der Waals surface area contributed by atoms with Crippen LogP contribution in [0.1, 0.15) is 19.8 Å². The molecule has 0 aromatic rings. The summed E-state index contributed by atoms with van der Waals surface area (Å²) in [4.78, 5) is 23.6. The predicted octanol–water partition coefficient (Wildman–Crippen LogP) is -0.656. The minimum atomic E-state index is -3.31. The van der Waals surface area contributed by atoms with Gasteiger partial charge in [0, 0.05) is 19.6 Å². The van der Waals surface area contributed by atoms with Crippen LogP contribution < -0.4 is 0 Å². The molecule has 1 aliphatic heterocycles. The van der Waals surface area contributed by atoms with Crippen LogP contribution in [0.2, 0.25) is 0 Å². The van der Waals surface area contributed by atoms with E-state index in [-0.39, 0.29) is 32.5 Å². The number of nitrogens with zero attached hydrogens (tertiary/aromatic N) is 2. The minimum absolute atomic E-state index is 0.113. The van der Waals surface area contributed by atoms with E-state index in [0.717, 1.165) is 6.26 Å². The van der Waals surface area contributed by atoms with Crippen molar-refractivity contribution in [3.8, 4) is 0 Å². The molecule has 1 rings (SSSR count). The Morgan fingerprint density at radius 2 is 1.94 bits per heavy atom. The lowest BCUT2D eigenvalue weighted by Gasteiger charge is -2.43. The molecule has 0 bridgehead atoms. The second-order valence-electron chi connectivity index (χ2n) is 4.39. The summed E-state index contributed by atoms with van der Waals surface area (Å²) in [6.07, 6.45) is 1.84. The molecule has 0 unspecified atom stereocenters. The van der Waals surface area contributed by atoms with Crippen LogP contribution in [0.5, 0.6) is 0 Å². The van der Waals surface area contributed by atoms with Crippen LogP contribution in [-0.4, -0.2) is 66.5 Å². The lowest BCUT2D eigenvalue weighted by atomic mass is 9.87. The maximum atomic E-state index is 11.4. The van der Waals surface area contributed by atoms with Gasteiger partial charge in [0.15, 0.2) is 0 Å². The number of carbonyl (C=O) groups is 2. The lowest BCUT2D eigenvalue weighted by molar-refractivity contribution is -0.158. The van der Waals surface area contributed by atoms with Gasteiger partial charge in [0.25, 0.3) is 0 Å².